The highest BCUT2D eigenvalue weighted by atomic mass is 14.9. The largest absolute Gasteiger partial charge is 0.307 e. The Bertz CT molecular complexity index is 354. The minimum Gasteiger partial charge on any atom is -0.307 e. The molecule has 0 aliphatic carbocycles. The van der Waals surface area contributed by atoms with Crippen LogP contribution in [0.1, 0.15) is 42.1 Å². The summed E-state index contributed by atoms with van der Waals surface area (Å²) in [4.78, 5) is 0. The van der Waals surface area contributed by atoms with Crippen molar-refractivity contribution in [3.63, 3.8) is 0 Å². The summed E-state index contributed by atoms with van der Waals surface area (Å²) in [5.41, 5.74) is 5.90. The Morgan fingerprint density at radius 2 is 1.93 bits per heavy atom. The Morgan fingerprint density at radius 3 is 2.64 bits per heavy atom. The van der Waals surface area contributed by atoms with Crippen molar-refractivity contribution in [3.8, 4) is 0 Å². The van der Waals surface area contributed by atoms with Gasteiger partial charge >= 0.3 is 0 Å². The van der Waals surface area contributed by atoms with Crippen molar-refractivity contribution in [2.45, 2.75) is 46.2 Å². The smallest absolute Gasteiger partial charge is 0.0297 e. The SMILES string of the molecule is Cc1cc(C)c2c(c1)C(C)NC(C)C2. The summed E-state index contributed by atoms with van der Waals surface area (Å²) in [6.07, 6.45) is 1.17. The van der Waals surface area contributed by atoms with Gasteiger partial charge in [0.15, 0.2) is 0 Å². The topological polar surface area (TPSA) is 12.0 Å². The van der Waals surface area contributed by atoms with Crippen LogP contribution < -0.4 is 5.32 Å². The van der Waals surface area contributed by atoms with E-state index in [9.17, 15) is 0 Å². The quantitative estimate of drug-likeness (QED) is 0.661. The van der Waals surface area contributed by atoms with Gasteiger partial charge in [-0.1, -0.05) is 17.7 Å². The van der Waals surface area contributed by atoms with Gasteiger partial charge in [0.1, 0.15) is 0 Å². The second kappa shape index (κ2) is 3.39. The summed E-state index contributed by atoms with van der Waals surface area (Å²) >= 11 is 0. The number of nitrogens with one attached hydrogen (secondary N) is 1. The molecule has 1 heterocycles. The van der Waals surface area contributed by atoms with Gasteiger partial charge in [0.2, 0.25) is 0 Å². The maximum Gasteiger partial charge on any atom is 0.0297 e. The number of hydrogen-bond acceptors (Lipinski definition) is 1. The first-order valence-electron chi connectivity index (χ1n) is 5.44. The number of benzene rings is 1. The summed E-state index contributed by atoms with van der Waals surface area (Å²) in [6, 6.07) is 5.74. The Labute approximate surface area is 86.5 Å². The molecule has 1 aromatic carbocycles. The van der Waals surface area contributed by atoms with Crippen molar-refractivity contribution in [2.24, 2.45) is 0 Å². The van der Waals surface area contributed by atoms with Crippen molar-refractivity contribution in [1.29, 1.82) is 0 Å². The Morgan fingerprint density at radius 1 is 1.21 bits per heavy atom. The molecule has 1 aliphatic rings. The highest BCUT2D eigenvalue weighted by Gasteiger charge is 2.21. The van der Waals surface area contributed by atoms with Gasteiger partial charge in [-0.3, -0.25) is 0 Å². The zero-order chi connectivity index (χ0) is 10.3. The van der Waals surface area contributed by atoms with Crippen molar-refractivity contribution in [2.75, 3.05) is 0 Å². The first-order valence-corrected chi connectivity index (χ1v) is 5.44. The van der Waals surface area contributed by atoms with Gasteiger partial charge in [-0.25, -0.2) is 0 Å². The third kappa shape index (κ3) is 1.57. The zero-order valence-electron chi connectivity index (χ0n) is 9.52. The number of hydrogen-bond donors (Lipinski definition) is 1. The number of fused-ring (bicyclic) bond motifs is 1. The van der Waals surface area contributed by atoms with Crippen molar-refractivity contribution >= 4 is 0 Å². The van der Waals surface area contributed by atoms with Crippen molar-refractivity contribution < 1.29 is 0 Å². The molecule has 0 amide bonds. The monoisotopic (exact) mass is 189 g/mol. The summed E-state index contributed by atoms with van der Waals surface area (Å²) in [5.74, 6) is 0. The molecule has 1 aromatic rings. The fourth-order valence-corrected chi connectivity index (χ4v) is 2.58. The van der Waals surface area contributed by atoms with E-state index < -0.39 is 0 Å². The molecule has 1 N–H and O–H groups in total. The van der Waals surface area contributed by atoms with Gasteiger partial charge in [0, 0.05) is 12.1 Å². The zero-order valence-corrected chi connectivity index (χ0v) is 9.52. The van der Waals surface area contributed by atoms with Crippen LogP contribution in [0, 0.1) is 13.8 Å². The molecule has 0 saturated heterocycles. The molecule has 0 spiro atoms. The minimum atomic E-state index is 0.507. The van der Waals surface area contributed by atoms with Crippen LogP contribution >= 0.6 is 0 Å². The average molecular weight is 189 g/mol. The van der Waals surface area contributed by atoms with E-state index in [4.69, 9.17) is 0 Å². The molecule has 0 aromatic heterocycles. The second-order valence-corrected chi connectivity index (χ2v) is 4.64. The van der Waals surface area contributed by atoms with Crippen LogP contribution in [0.3, 0.4) is 0 Å². The van der Waals surface area contributed by atoms with Gasteiger partial charge in [-0.05, 0) is 50.8 Å². The van der Waals surface area contributed by atoms with Crippen LogP contribution in [-0.2, 0) is 6.42 Å². The fourth-order valence-electron chi connectivity index (χ4n) is 2.58. The van der Waals surface area contributed by atoms with E-state index in [1.54, 1.807) is 5.56 Å². The van der Waals surface area contributed by atoms with Crippen LogP contribution in [0.15, 0.2) is 12.1 Å². The maximum atomic E-state index is 3.59. The standard InChI is InChI=1S/C13H19N/c1-8-5-9(2)12-7-10(3)14-11(4)13(12)6-8/h5-6,10-11,14H,7H2,1-4H3. The molecular formula is C13H19N. The van der Waals surface area contributed by atoms with E-state index in [0.29, 0.717) is 12.1 Å². The van der Waals surface area contributed by atoms with Gasteiger partial charge in [0.25, 0.3) is 0 Å². The number of aryl methyl sites for hydroxylation is 2. The lowest BCUT2D eigenvalue weighted by Gasteiger charge is -2.30. The molecule has 1 aliphatic heterocycles. The lowest BCUT2D eigenvalue weighted by Crippen LogP contribution is -2.36. The molecule has 0 radical (unpaired) electrons. The summed E-state index contributed by atoms with van der Waals surface area (Å²) in [6.45, 7) is 8.93. The molecule has 1 heteroatoms. The molecule has 14 heavy (non-hydrogen) atoms. The first-order chi connectivity index (χ1) is 6.58. The molecular weight excluding hydrogens is 170 g/mol. The molecule has 0 fully saturated rings. The van der Waals surface area contributed by atoms with Gasteiger partial charge in [-0.15, -0.1) is 0 Å². The first kappa shape index (κ1) is 9.72. The predicted octanol–water partition coefficient (Wildman–Crippen LogP) is 2.90. The highest BCUT2D eigenvalue weighted by molar-refractivity contribution is 5.41. The molecule has 2 atom stereocenters. The maximum absolute atomic E-state index is 3.59. The highest BCUT2D eigenvalue weighted by Crippen LogP contribution is 2.28. The third-order valence-electron chi connectivity index (χ3n) is 3.16. The average Bonchev–Trinajstić information content (AvgIpc) is 2.07. The Hall–Kier alpha value is -0.820. The fraction of sp³-hybridized carbons (Fsp3) is 0.538. The van der Waals surface area contributed by atoms with Crippen molar-refractivity contribution in [3.05, 3.63) is 34.4 Å². The van der Waals surface area contributed by atoms with E-state index >= 15 is 0 Å². The van der Waals surface area contributed by atoms with E-state index in [-0.39, 0.29) is 0 Å². The van der Waals surface area contributed by atoms with Crippen LogP contribution in [0.2, 0.25) is 0 Å². The van der Waals surface area contributed by atoms with E-state index in [0.717, 1.165) is 0 Å². The van der Waals surface area contributed by atoms with Crippen molar-refractivity contribution in [1.82, 2.24) is 5.32 Å². The van der Waals surface area contributed by atoms with Crippen LogP contribution in [0.25, 0.3) is 0 Å². The Balaban J connectivity index is 2.53. The number of rotatable bonds is 0. The molecule has 0 bridgehead atoms. The molecule has 76 valence electrons. The van der Waals surface area contributed by atoms with Gasteiger partial charge in [0.05, 0.1) is 0 Å². The molecule has 2 unspecified atom stereocenters. The van der Waals surface area contributed by atoms with Crippen LogP contribution in [-0.4, -0.2) is 6.04 Å². The van der Waals surface area contributed by atoms with Crippen LogP contribution in [0.5, 0.6) is 0 Å². The van der Waals surface area contributed by atoms with Crippen LogP contribution in [0.4, 0.5) is 0 Å². The predicted molar refractivity (Wildman–Crippen MR) is 60.6 cm³/mol. The summed E-state index contributed by atoms with van der Waals surface area (Å²) in [7, 11) is 0. The second-order valence-electron chi connectivity index (χ2n) is 4.64. The molecule has 0 saturated carbocycles. The van der Waals surface area contributed by atoms with E-state index in [2.05, 4.69) is 45.1 Å². The van der Waals surface area contributed by atoms with E-state index in [1.807, 2.05) is 0 Å². The van der Waals surface area contributed by atoms with Gasteiger partial charge in [-0.2, -0.15) is 0 Å². The van der Waals surface area contributed by atoms with Gasteiger partial charge < -0.3 is 5.32 Å². The lowest BCUT2D eigenvalue weighted by molar-refractivity contribution is 0.444. The lowest BCUT2D eigenvalue weighted by atomic mass is 9.87. The molecule has 1 nitrogen and oxygen atoms in total. The normalized spacial score (nSPS) is 26.0. The minimum absolute atomic E-state index is 0.507. The summed E-state index contributed by atoms with van der Waals surface area (Å²) < 4.78 is 0. The van der Waals surface area contributed by atoms with E-state index in [1.165, 1.54) is 23.1 Å². The third-order valence-corrected chi connectivity index (χ3v) is 3.16. The summed E-state index contributed by atoms with van der Waals surface area (Å²) in [5, 5.41) is 3.59. The Kier molecular flexibility index (Phi) is 2.36. The molecule has 2 rings (SSSR count).